The fourth-order valence-electron chi connectivity index (χ4n) is 3.12. The molecule has 2 rings (SSSR count). The SMILES string of the molecule is CC1CCCCCN1C(=O)C1(C)CCNCC1. The van der Waals surface area contributed by atoms with Crippen LogP contribution in [0.4, 0.5) is 0 Å². The van der Waals surface area contributed by atoms with Gasteiger partial charge in [0.05, 0.1) is 0 Å². The Balaban J connectivity index is 2.06. The first-order valence-corrected chi connectivity index (χ1v) is 7.15. The lowest BCUT2D eigenvalue weighted by atomic mass is 9.79. The standard InChI is InChI=1S/C14H26N2O/c1-12-6-4-3-5-11-16(12)13(17)14(2)7-9-15-10-8-14/h12,15H,3-11H2,1-2H3. The van der Waals surface area contributed by atoms with Gasteiger partial charge in [-0.2, -0.15) is 0 Å². The molecule has 0 aromatic heterocycles. The lowest BCUT2D eigenvalue weighted by molar-refractivity contribution is -0.144. The number of likely N-dealkylation sites (tertiary alicyclic amines) is 1. The molecule has 1 unspecified atom stereocenters. The zero-order valence-corrected chi connectivity index (χ0v) is 11.3. The Labute approximate surface area is 105 Å². The van der Waals surface area contributed by atoms with E-state index in [0.717, 1.165) is 32.5 Å². The molecule has 3 nitrogen and oxygen atoms in total. The summed E-state index contributed by atoms with van der Waals surface area (Å²) in [4.78, 5) is 14.9. The van der Waals surface area contributed by atoms with Gasteiger partial charge in [0.25, 0.3) is 0 Å². The van der Waals surface area contributed by atoms with Crippen LogP contribution in [-0.2, 0) is 4.79 Å². The summed E-state index contributed by atoms with van der Waals surface area (Å²) in [7, 11) is 0. The molecule has 2 heterocycles. The van der Waals surface area contributed by atoms with Crippen molar-refractivity contribution in [2.75, 3.05) is 19.6 Å². The monoisotopic (exact) mass is 238 g/mol. The van der Waals surface area contributed by atoms with E-state index in [4.69, 9.17) is 0 Å². The van der Waals surface area contributed by atoms with Crippen LogP contribution in [-0.4, -0.2) is 36.5 Å². The smallest absolute Gasteiger partial charge is 0.228 e. The number of piperidine rings is 1. The van der Waals surface area contributed by atoms with E-state index in [2.05, 4.69) is 24.1 Å². The van der Waals surface area contributed by atoms with Crippen LogP contribution in [0.15, 0.2) is 0 Å². The fraction of sp³-hybridized carbons (Fsp3) is 0.929. The number of hydrogen-bond donors (Lipinski definition) is 1. The Morgan fingerprint density at radius 2 is 1.94 bits per heavy atom. The third-order valence-corrected chi connectivity index (χ3v) is 4.54. The summed E-state index contributed by atoms with van der Waals surface area (Å²) in [5, 5.41) is 3.35. The summed E-state index contributed by atoms with van der Waals surface area (Å²) in [5.74, 6) is 0.411. The predicted octanol–water partition coefficient (Wildman–Crippen LogP) is 2.17. The maximum absolute atomic E-state index is 12.7. The van der Waals surface area contributed by atoms with Gasteiger partial charge in [-0.25, -0.2) is 0 Å². The van der Waals surface area contributed by atoms with Crippen LogP contribution in [0, 0.1) is 5.41 Å². The van der Waals surface area contributed by atoms with Crippen LogP contribution in [0.5, 0.6) is 0 Å². The highest BCUT2D eigenvalue weighted by Crippen LogP contribution is 2.32. The molecule has 2 fully saturated rings. The Morgan fingerprint density at radius 1 is 1.24 bits per heavy atom. The molecule has 0 aromatic rings. The van der Waals surface area contributed by atoms with Crippen molar-refractivity contribution in [3.05, 3.63) is 0 Å². The molecule has 98 valence electrons. The van der Waals surface area contributed by atoms with Gasteiger partial charge in [0, 0.05) is 18.0 Å². The summed E-state index contributed by atoms with van der Waals surface area (Å²) >= 11 is 0. The van der Waals surface area contributed by atoms with Crippen LogP contribution in [0.2, 0.25) is 0 Å². The highest BCUT2D eigenvalue weighted by molar-refractivity contribution is 5.82. The van der Waals surface area contributed by atoms with Crippen molar-refractivity contribution in [3.63, 3.8) is 0 Å². The van der Waals surface area contributed by atoms with Crippen molar-refractivity contribution in [1.29, 1.82) is 0 Å². The lowest BCUT2D eigenvalue weighted by Gasteiger charge is -2.39. The van der Waals surface area contributed by atoms with E-state index < -0.39 is 0 Å². The number of carbonyl (C=O) groups is 1. The van der Waals surface area contributed by atoms with E-state index in [1.165, 1.54) is 25.7 Å². The molecule has 1 amide bonds. The Kier molecular flexibility index (Phi) is 4.08. The van der Waals surface area contributed by atoms with Gasteiger partial charge in [-0.3, -0.25) is 4.79 Å². The molecule has 0 aliphatic carbocycles. The van der Waals surface area contributed by atoms with Gasteiger partial charge in [-0.1, -0.05) is 19.8 Å². The first-order chi connectivity index (χ1) is 8.13. The molecule has 0 saturated carbocycles. The van der Waals surface area contributed by atoms with Crippen LogP contribution >= 0.6 is 0 Å². The van der Waals surface area contributed by atoms with Gasteiger partial charge in [0.15, 0.2) is 0 Å². The zero-order chi connectivity index (χ0) is 12.3. The van der Waals surface area contributed by atoms with Crippen molar-refractivity contribution in [2.24, 2.45) is 5.41 Å². The van der Waals surface area contributed by atoms with Gasteiger partial charge in [-0.15, -0.1) is 0 Å². The van der Waals surface area contributed by atoms with E-state index in [9.17, 15) is 4.79 Å². The summed E-state index contributed by atoms with van der Waals surface area (Å²) in [6.07, 6.45) is 6.92. The first-order valence-electron chi connectivity index (χ1n) is 7.15. The minimum Gasteiger partial charge on any atom is -0.340 e. The van der Waals surface area contributed by atoms with E-state index in [0.29, 0.717) is 11.9 Å². The van der Waals surface area contributed by atoms with Crippen LogP contribution in [0.1, 0.15) is 52.4 Å². The fourth-order valence-corrected chi connectivity index (χ4v) is 3.12. The molecular weight excluding hydrogens is 212 g/mol. The maximum Gasteiger partial charge on any atom is 0.228 e. The zero-order valence-electron chi connectivity index (χ0n) is 11.3. The summed E-state index contributed by atoms with van der Waals surface area (Å²) in [5.41, 5.74) is -0.107. The normalized spacial score (nSPS) is 29.8. The number of nitrogens with zero attached hydrogens (tertiary/aromatic N) is 1. The molecule has 0 bridgehead atoms. The largest absolute Gasteiger partial charge is 0.340 e. The van der Waals surface area contributed by atoms with Crippen molar-refractivity contribution in [1.82, 2.24) is 10.2 Å². The number of carbonyl (C=O) groups excluding carboxylic acids is 1. The summed E-state index contributed by atoms with van der Waals surface area (Å²) in [6, 6.07) is 0.441. The molecule has 17 heavy (non-hydrogen) atoms. The van der Waals surface area contributed by atoms with Gasteiger partial charge in [-0.05, 0) is 45.7 Å². The topological polar surface area (TPSA) is 32.3 Å². The molecule has 1 atom stereocenters. The van der Waals surface area contributed by atoms with Gasteiger partial charge < -0.3 is 10.2 Å². The van der Waals surface area contributed by atoms with Crippen molar-refractivity contribution in [2.45, 2.75) is 58.4 Å². The highest BCUT2D eigenvalue weighted by Gasteiger charge is 2.39. The van der Waals surface area contributed by atoms with Crippen molar-refractivity contribution in [3.8, 4) is 0 Å². The van der Waals surface area contributed by atoms with Crippen molar-refractivity contribution < 1.29 is 4.79 Å². The Bertz CT molecular complexity index is 271. The van der Waals surface area contributed by atoms with Gasteiger partial charge in [0.2, 0.25) is 5.91 Å². The minimum absolute atomic E-state index is 0.107. The molecule has 0 spiro atoms. The first kappa shape index (κ1) is 12.9. The minimum atomic E-state index is -0.107. The average molecular weight is 238 g/mol. The Hall–Kier alpha value is -0.570. The predicted molar refractivity (Wildman–Crippen MR) is 69.9 cm³/mol. The average Bonchev–Trinajstić information content (AvgIpc) is 2.54. The number of rotatable bonds is 1. The van der Waals surface area contributed by atoms with E-state index in [1.54, 1.807) is 0 Å². The second-order valence-electron chi connectivity index (χ2n) is 6.01. The van der Waals surface area contributed by atoms with Crippen molar-refractivity contribution >= 4 is 5.91 Å². The molecule has 2 aliphatic heterocycles. The number of hydrogen-bond acceptors (Lipinski definition) is 2. The van der Waals surface area contributed by atoms with Crippen LogP contribution < -0.4 is 5.32 Å². The molecule has 1 N–H and O–H groups in total. The second-order valence-corrected chi connectivity index (χ2v) is 6.01. The van der Waals surface area contributed by atoms with Crippen LogP contribution in [0.25, 0.3) is 0 Å². The number of nitrogens with one attached hydrogen (secondary N) is 1. The quantitative estimate of drug-likeness (QED) is 0.759. The van der Waals surface area contributed by atoms with Gasteiger partial charge >= 0.3 is 0 Å². The molecule has 3 heteroatoms. The van der Waals surface area contributed by atoms with E-state index in [1.807, 2.05) is 0 Å². The molecule has 2 aliphatic rings. The molecule has 2 saturated heterocycles. The number of amides is 1. The maximum atomic E-state index is 12.7. The molecule has 0 radical (unpaired) electrons. The second kappa shape index (κ2) is 5.38. The summed E-state index contributed by atoms with van der Waals surface area (Å²) < 4.78 is 0. The Morgan fingerprint density at radius 3 is 2.65 bits per heavy atom. The summed E-state index contributed by atoms with van der Waals surface area (Å²) in [6.45, 7) is 7.33. The van der Waals surface area contributed by atoms with E-state index in [-0.39, 0.29) is 5.41 Å². The highest BCUT2D eigenvalue weighted by atomic mass is 16.2. The third-order valence-electron chi connectivity index (χ3n) is 4.54. The third kappa shape index (κ3) is 2.82. The van der Waals surface area contributed by atoms with E-state index >= 15 is 0 Å². The van der Waals surface area contributed by atoms with Crippen LogP contribution in [0.3, 0.4) is 0 Å². The van der Waals surface area contributed by atoms with Gasteiger partial charge in [0.1, 0.15) is 0 Å². The lowest BCUT2D eigenvalue weighted by Crippen LogP contribution is -2.50. The molecular formula is C14H26N2O. The molecule has 0 aromatic carbocycles.